The lowest BCUT2D eigenvalue weighted by molar-refractivity contribution is 0.423. The van der Waals surface area contributed by atoms with Crippen molar-refractivity contribution in [2.75, 3.05) is 0 Å². The monoisotopic (exact) mass is 193 g/mol. The van der Waals surface area contributed by atoms with Gasteiger partial charge in [0.15, 0.2) is 0 Å². The van der Waals surface area contributed by atoms with E-state index in [1.54, 1.807) is 0 Å². The van der Waals surface area contributed by atoms with E-state index in [-0.39, 0.29) is 0 Å². The first-order valence-corrected chi connectivity index (χ1v) is 5.53. The molecular formula is C12H19NO. The minimum atomic E-state index is 0.618. The zero-order chi connectivity index (χ0) is 9.97. The van der Waals surface area contributed by atoms with Crippen LogP contribution >= 0.6 is 0 Å². The molecule has 0 bridgehead atoms. The van der Waals surface area contributed by atoms with Crippen LogP contribution in [0.2, 0.25) is 0 Å². The second-order valence-electron chi connectivity index (χ2n) is 4.47. The van der Waals surface area contributed by atoms with Crippen LogP contribution in [0.15, 0.2) is 16.5 Å². The van der Waals surface area contributed by atoms with Crippen molar-refractivity contribution < 1.29 is 4.42 Å². The van der Waals surface area contributed by atoms with Crippen molar-refractivity contribution in [1.29, 1.82) is 0 Å². The molecule has 2 heteroatoms. The molecule has 0 aromatic carbocycles. The van der Waals surface area contributed by atoms with Crippen LogP contribution in [0.1, 0.15) is 37.7 Å². The van der Waals surface area contributed by atoms with Gasteiger partial charge < -0.3 is 9.73 Å². The Hall–Kier alpha value is -0.760. The van der Waals surface area contributed by atoms with E-state index in [1.165, 1.54) is 19.3 Å². The van der Waals surface area contributed by atoms with Crippen LogP contribution < -0.4 is 5.32 Å². The van der Waals surface area contributed by atoms with Crippen molar-refractivity contribution in [2.24, 2.45) is 5.92 Å². The van der Waals surface area contributed by atoms with Crippen LogP contribution in [-0.4, -0.2) is 6.04 Å². The highest BCUT2D eigenvalue weighted by Crippen LogP contribution is 2.33. The summed E-state index contributed by atoms with van der Waals surface area (Å²) >= 11 is 0. The summed E-state index contributed by atoms with van der Waals surface area (Å²) in [6.45, 7) is 5.10. The molecule has 1 heterocycles. The van der Waals surface area contributed by atoms with Gasteiger partial charge in [0.05, 0.1) is 6.54 Å². The Labute approximate surface area is 85.7 Å². The number of hydrogen-bond acceptors (Lipinski definition) is 2. The number of rotatable bonds is 5. The largest absolute Gasteiger partial charge is 0.465 e. The first-order chi connectivity index (χ1) is 6.74. The van der Waals surface area contributed by atoms with Gasteiger partial charge in [0.1, 0.15) is 11.5 Å². The number of hydrogen-bond donors (Lipinski definition) is 1. The highest BCUT2D eigenvalue weighted by molar-refractivity contribution is 5.05. The lowest BCUT2D eigenvalue weighted by Crippen LogP contribution is -2.25. The Morgan fingerprint density at radius 2 is 2.29 bits per heavy atom. The molecule has 1 saturated carbocycles. The SMILES string of the molecule is Cc1ccc(CNC(C)CC2CC2)o1. The van der Waals surface area contributed by atoms with E-state index < -0.39 is 0 Å². The lowest BCUT2D eigenvalue weighted by Gasteiger charge is -2.11. The van der Waals surface area contributed by atoms with E-state index in [2.05, 4.69) is 12.2 Å². The lowest BCUT2D eigenvalue weighted by atomic mass is 10.1. The molecule has 1 unspecified atom stereocenters. The van der Waals surface area contributed by atoms with E-state index >= 15 is 0 Å². The van der Waals surface area contributed by atoms with E-state index in [9.17, 15) is 0 Å². The van der Waals surface area contributed by atoms with Gasteiger partial charge in [0, 0.05) is 6.04 Å². The molecule has 78 valence electrons. The first-order valence-electron chi connectivity index (χ1n) is 5.53. The van der Waals surface area contributed by atoms with Crippen molar-refractivity contribution in [3.05, 3.63) is 23.7 Å². The van der Waals surface area contributed by atoms with Gasteiger partial charge in [-0.05, 0) is 38.3 Å². The van der Waals surface area contributed by atoms with Crippen molar-refractivity contribution in [3.63, 3.8) is 0 Å². The highest BCUT2D eigenvalue weighted by Gasteiger charge is 2.23. The van der Waals surface area contributed by atoms with Gasteiger partial charge >= 0.3 is 0 Å². The Bertz CT molecular complexity index is 288. The topological polar surface area (TPSA) is 25.2 Å². The van der Waals surface area contributed by atoms with Crippen molar-refractivity contribution in [1.82, 2.24) is 5.32 Å². The fraction of sp³-hybridized carbons (Fsp3) is 0.667. The standard InChI is InChI=1S/C12H19NO/c1-9(7-11-4-5-11)13-8-12-6-3-10(2)14-12/h3,6,9,11,13H,4-5,7-8H2,1-2H3. The highest BCUT2D eigenvalue weighted by atomic mass is 16.3. The molecule has 1 atom stereocenters. The fourth-order valence-electron chi connectivity index (χ4n) is 1.79. The maximum atomic E-state index is 5.49. The molecule has 0 saturated heterocycles. The normalized spacial score (nSPS) is 18.4. The molecule has 0 radical (unpaired) electrons. The van der Waals surface area contributed by atoms with Crippen LogP contribution in [0.4, 0.5) is 0 Å². The molecule has 1 fully saturated rings. The summed E-state index contributed by atoms with van der Waals surface area (Å²) in [6, 6.07) is 4.68. The average Bonchev–Trinajstić information content (AvgIpc) is 2.85. The van der Waals surface area contributed by atoms with Crippen molar-refractivity contribution in [2.45, 2.75) is 45.7 Å². The molecule has 1 aromatic heterocycles. The molecule has 0 amide bonds. The third kappa shape index (κ3) is 2.88. The van der Waals surface area contributed by atoms with Gasteiger partial charge in [-0.15, -0.1) is 0 Å². The Morgan fingerprint density at radius 1 is 1.50 bits per heavy atom. The molecule has 1 aliphatic carbocycles. The maximum Gasteiger partial charge on any atom is 0.117 e. The quantitative estimate of drug-likeness (QED) is 0.778. The van der Waals surface area contributed by atoms with Gasteiger partial charge in [-0.3, -0.25) is 0 Å². The fourth-order valence-corrected chi connectivity index (χ4v) is 1.79. The summed E-state index contributed by atoms with van der Waals surface area (Å²) in [5, 5.41) is 3.49. The van der Waals surface area contributed by atoms with E-state index in [4.69, 9.17) is 4.42 Å². The molecule has 14 heavy (non-hydrogen) atoms. The molecule has 1 aliphatic rings. The molecule has 1 N–H and O–H groups in total. The molecule has 0 spiro atoms. The zero-order valence-electron chi connectivity index (χ0n) is 9.05. The molecular weight excluding hydrogens is 174 g/mol. The van der Waals surface area contributed by atoms with Crippen LogP contribution in [0.25, 0.3) is 0 Å². The number of aryl methyl sites for hydroxylation is 1. The van der Waals surface area contributed by atoms with Gasteiger partial charge in [0.25, 0.3) is 0 Å². The van der Waals surface area contributed by atoms with E-state index in [0.717, 1.165) is 24.0 Å². The van der Waals surface area contributed by atoms with E-state index in [0.29, 0.717) is 6.04 Å². The summed E-state index contributed by atoms with van der Waals surface area (Å²) < 4.78 is 5.49. The smallest absolute Gasteiger partial charge is 0.117 e. The summed E-state index contributed by atoms with van der Waals surface area (Å²) in [7, 11) is 0. The summed E-state index contributed by atoms with van der Waals surface area (Å²) in [4.78, 5) is 0. The minimum absolute atomic E-state index is 0.618. The number of nitrogens with one attached hydrogen (secondary N) is 1. The maximum absolute atomic E-state index is 5.49. The van der Waals surface area contributed by atoms with E-state index in [1.807, 2.05) is 19.1 Å². The van der Waals surface area contributed by atoms with Crippen molar-refractivity contribution in [3.8, 4) is 0 Å². The summed E-state index contributed by atoms with van der Waals surface area (Å²) in [6.07, 6.45) is 4.19. The van der Waals surface area contributed by atoms with Gasteiger partial charge in [0.2, 0.25) is 0 Å². The summed E-state index contributed by atoms with van der Waals surface area (Å²) in [5.74, 6) is 3.04. The predicted octanol–water partition coefficient (Wildman–Crippen LogP) is 2.87. The molecule has 0 aliphatic heterocycles. The third-order valence-corrected chi connectivity index (χ3v) is 2.80. The van der Waals surface area contributed by atoms with Crippen LogP contribution in [0.3, 0.4) is 0 Å². The Kier molecular flexibility index (Phi) is 2.92. The average molecular weight is 193 g/mol. The Morgan fingerprint density at radius 3 is 2.86 bits per heavy atom. The second-order valence-corrected chi connectivity index (χ2v) is 4.47. The van der Waals surface area contributed by atoms with Crippen LogP contribution in [0, 0.1) is 12.8 Å². The van der Waals surface area contributed by atoms with Gasteiger partial charge in [-0.1, -0.05) is 12.8 Å². The predicted molar refractivity (Wildman–Crippen MR) is 57.1 cm³/mol. The first kappa shape index (κ1) is 9.78. The third-order valence-electron chi connectivity index (χ3n) is 2.80. The van der Waals surface area contributed by atoms with Crippen molar-refractivity contribution >= 4 is 0 Å². The summed E-state index contributed by atoms with van der Waals surface area (Å²) in [5.41, 5.74) is 0. The minimum Gasteiger partial charge on any atom is -0.465 e. The zero-order valence-corrected chi connectivity index (χ0v) is 9.05. The number of furan rings is 1. The molecule has 2 rings (SSSR count). The van der Waals surface area contributed by atoms with Gasteiger partial charge in [-0.25, -0.2) is 0 Å². The second kappa shape index (κ2) is 4.18. The van der Waals surface area contributed by atoms with Gasteiger partial charge in [-0.2, -0.15) is 0 Å². The molecule has 1 aromatic rings. The van der Waals surface area contributed by atoms with Crippen LogP contribution in [-0.2, 0) is 6.54 Å². The Balaban J connectivity index is 1.70. The molecule has 2 nitrogen and oxygen atoms in total. The van der Waals surface area contributed by atoms with Crippen LogP contribution in [0.5, 0.6) is 0 Å².